The monoisotopic (exact) mass is 477 g/mol. The summed E-state index contributed by atoms with van der Waals surface area (Å²) in [6, 6.07) is 9.09. The molecule has 0 radical (unpaired) electrons. The van der Waals surface area contributed by atoms with Crippen LogP contribution in [0.1, 0.15) is 30.4 Å². The lowest BCUT2D eigenvalue weighted by molar-refractivity contribution is -0.129. The summed E-state index contributed by atoms with van der Waals surface area (Å²) in [5, 5.41) is 17.3. The van der Waals surface area contributed by atoms with E-state index in [0.29, 0.717) is 46.3 Å². The van der Waals surface area contributed by atoms with Crippen molar-refractivity contribution < 1.29 is 23.6 Å². The standard InChI is InChI=1S/C22H18Cl2FN3O4/c1-11(2-7-20-27-21(28-32-20)12-3-5-15(24)16(25)8-12)26-22(30)19-10-17(29)14-9-13(23)4-6-18(14)31-19/h3-6,8-9,17,19,29H,1-2,7,10H2,(H,26,30)/t17-,19-/m1/s1. The molecule has 0 aliphatic carbocycles. The number of hydrogen-bond acceptors (Lipinski definition) is 6. The van der Waals surface area contributed by atoms with Gasteiger partial charge in [0, 0.05) is 34.7 Å². The number of carbonyl (C=O) groups excluding carboxylic acids is 1. The predicted molar refractivity (Wildman–Crippen MR) is 116 cm³/mol. The Kier molecular flexibility index (Phi) is 6.45. The minimum atomic E-state index is -0.870. The first kappa shape index (κ1) is 22.3. The highest BCUT2D eigenvalue weighted by Gasteiger charge is 2.32. The fourth-order valence-corrected chi connectivity index (χ4v) is 3.56. The zero-order chi connectivity index (χ0) is 22.8. The number of fused-ring (bicyclic) bond motifs is 1. The fraction of sp³-hybridized carbons (Fsp3) is 0.227. The van der Waals surface area contributed by atoms with Crippen LogP contribution in [0.2, 0.25) is 10.0 Å². The molecule has 0 fully saturated rings. The van der Waals surface area contributed by atoms with Gasteiger partial charge in [0.05, 0.1) is 11.1 Å². The Hall–Kier alpha value is -2.94. The fourth-order valence-electron chi connectivity index (χ4n) is 3.26. The van der Waals surface area contributed by atoms with Crippen molar-refractivity contribution in [2.24, 2.45) is 0 Å². The number of hydrogen-bond donors (Lipinski definition) is 2. The molecule has 1 aromatic heterocycles. The molecule has 2 heterocycles. The number of carbonyl (C=O) groups is 1. The van der Waals surface area contributed by atoms with E-state index in [1.807, 2.05) is 0 Å². The quantitative estimate of drug-likeness (QED) is 0.536. The van der Waals surface area contributed by atoms with Crippen molar-refractivity contribution in [3.8, 4) is 17.1 Å². The molecule has 2 aromatic carbocycles. The molecule has 2 atom stereocenters. The molecule has 1 aliphatic heterocycles. The van der Waals surface area contributed by atoms with Gasteiger partial charge in [-0.1, -0.05) is 34.9 Å². The number of rotatable bonds is 6. The minimum Gasteiger partial charge on any atom is -0.480 e. The van der Waals surface area contributed by atoms with E-state index < -0.39 is 23.9 Å². The average molecular weight is 478 g/mol. The van der Waals surface area contributed by atoms with Gasteiger partial charge in [0.25, 0.3) is 5.91 Å². The number of aliphatic hydroxyl groups excluding tert-OH is 1. The molecule has 2 N–H and O–H groups in total. The van der Waals surface area contributed by atoms with Gasteiger partial charge in [0.1, 0.15) is 11.6 Å². The van der Waals surface area contributed by atoms with Gasteiger partial charge in [-0.3, -0.25) is 4.79 Å². The number of amides is 1. The number of aryl methyl sites for hydroxylation is 1. The predicted octanol–water partition coefficient (Wildman–Crippen LogP) is 4.63. The van der Waals surface area contributed by atoms with Gasteiger partial charge in [-0.25, -0.2) is 4.39 Å². The van der Waals surface area contributed by atoms with E-state index in [4.69, 9.17) is 32.5 Å². The second-order valence-corrected chi connectivity index (χ2v) is 8.12. The number of aromatic nitrogens is 2. The highest BCUT2D eigenvalue weighted by molar-refractivity contribution is 6.31. The van der Waals surface area contributed by atoms with Crippen LogP contribution in [0, 0.1) is 5.82 Å². The number of halogens is 3. The molecule has 0 bridgehead atoms. The average Bonchev–Trinajstić information content (AvgIpc) is 3.23. The first-order valence-electron chi connectivity index (χ1n) is 9.71. The zero-order valence-corrected chi connectivity index (χ0v) is 18.2. The third kappa shape index (κ3) is 4.93. The van der Waals surface area contributed by atoms with Crippen LogP contribution < -0.4 is 10.1 Å². The lowest BCUT2D eigenvalue weighted by atomic mass is 9.98. The van der Waals surface area contributed by atoms with Crippen LogP contribution in [0.4, 0.5) is 4.39 Å². The number of ether oxygens (including phenoxy) is 1. The Bertz CT molecular complexity index is 1180. The maximum Gasteiger partial charge on any atom is 0.265 e. The molecule has 32 heavy (non-hydrogen) atoms. The first-order chi connectivity index (χ1) is 15.3. The van der Waals surface area contributed by atoms with E-state index in [1.54, 1.807) is 24.3 Å². The lowest BCUT2D eigenvalue weighted by Crippen LogP contribution is -2.41. The second-order valence-electron chi connectivity index (χ2n) is 7.27. The second kappa shape index (κ2) is 9.28. The Morgan fingerprint density at radius 1 is 1.28 bits per heavy atom. The highest BCUT2D eigenvalue weighted by Crippen LogP contribution is 2.36. The van der Waals surface area contributed by atoms with Gasteiger partial charge in [-0.15, -0.1) is 0 Å². The Morgan fingerprint density at radius 3 is 2.88 bits per heavy atom. The first-order valence-corrected chi connectivity index (χ1v) is 10.5. The number of aliphatic hydroxyl groups is 1. The summed E-state index contributed by atoms with van der Waals surface area (Å²) in [7, 11) is 0. The molecule has 166 valence electrons. The van der Waals surface area contributed by atoms with Crippen LogP contribution in [-0.2, 0) is 11.2 Å². The van der Waals surface area contributed by atoms with E-state index in [0.717, 1.165) is 0 Å². The maximum atomic E-state index is 13.6. The van der Waals surface area contributed by atoms with Crippen LogP contribution in [0.15, 0.2) is 53.2 Å². The van der Waals surface area contributed by atoms with Crippen molar-refractivity contribution in [2.75, 3.05) is 0 Å². The summed E-state index contributed by atoms with van der Waals surface area (Å²) in [4.78, 5) is 16.8. The summed E-state index contributed by atoms with van der Waals surface area (Å²) in [5.74, 6) is -0.0460. The molecule has 4 rings (SSSR count). The van der Waals surface area contributed by atoms with Gasteiger partial charge >= 0.3 is 0 Å². The van der Waals surface area contributed by atoms with Crippen LogP contribution in [0.25, 0.3) is 11.4 Å². The summed E-state index contributed by atoms with van der Waals surface area (Å²) < 4.78 is 24.5. The van der Waals surface area contributed by atoms with Crippen molar-refractivity contribution >= 4 is 29.1 Å². The van der Waals surface area contributed by atoms with E-state index in [9.17, 15) is 14.3 Å². The SMILES string of the molecule is C=C(CCc1nc(-c2ccc(Cl)c(F)c2)no1)NC(=O)[C@H]1C[C@@H](O)c2cc(Cl)ccc2O1. The number of benzene rings is 2. The van der Waals surface area contributed by atoms with E-state index >= 15 is 0 Å². The molecule has 0 unspecified atom stereocenters. The number of allylic oxidation sites excluding steroid dienone is 1. The molecule has 10 heteroatoms. The summed E-state index contributed by atoms with van der Waals surface area (Å²) >= 11 is 11.6. The van der Waals surface area contributed by atoms with Crippen molar-refractivity contribution in [3.63, 3.8) is 0 Å². The van der Waals surface area contributed by atoms with Crippen molar-refractivity contribution in [1.29, 1.82) is 0 Å². The maximum absolute atomic E-state index is 13.6. The Labute approximate surface area is 192 Å². The van der Waals surface area contributed by atoms with Crippen molar-refractivity contribution in [2.45, 2.75) is 31.5 Å². The molecule has 0 saturated heterocycles. The number of nitrogens with zero attached hydrogens (tertiary/aromatic N) is 2. The largest absolute Gasteiger partial charge is 0.480 e. The lowest BCUT2D eigenvalue weighted by Gasteiger charge is -2.29. The molecular weight excluding hydrogens is 460 g/mol. The normalized spacial score (nSPS) is 17.4. The van der Waals surface area contributed by atoms with Gasteiger partial charge in [-0.05, 0) is 42.8 Å². The summed E-state index contributed by atoms with van der Waals surface area (Å²) in [5.41, 5.74) is 1.41. The van der Waals surface area contributed by atoms with Gasteiger partial charge in [0.2, 0.25) is 11.7 Å². The number of nitrogens with one attached hydrogen (secondary N) is 1. The Morgan fingerprint density at radius 2 is 2.09 bits per heavy atom. The van der Waals surface area contributed by atoms with E-state index in [1.165, 1.54) is 12.1 Å². The molecule has 0 saturated carbocycles. The van der Waals surface area contributed by atoms with Crippen LogP contribution in [0.3, 0.4) is 0 Å². The third-order valence-electron chi connectivity index (χ3n) is 4.92. The summed E-state index contributed by atoms with van der Waals surface area (Å²) in [6.07, 6.45) is -0.986. The molecule has 3 aromatic rings. The van der Waals surface area contributed by atoms with Crippen LogP contribution >= 0.6 is 23.2 Å². The zero-order valence-electron chi connectivity index (χ0n) is 16.6. The van der Waals surface area contributed by atoms with Gasteiger partial charge < -0.3 is 19.7 Å². The van der Waals surface area contributed by atoms with E-state index in [-0.39, 0.29) is 17.3 Å². The van der Waals surface area contributed by atoms with Gasteiger partial charge in [-0.2, -0.15) is 4.98 Å². The minimum absolute atomic E-state index is 0.00580. The molecule has 7 nitrogen and oxygen atoms in total. The van der Waals surface area contributed by atoms with Crippen molar-refractivity contribution in [1.82, 2.24) is 15.5 Å². The van der Waals surface area contributed by atoms with Crippen molar-refractivity contribution in [3.05, 3.63) is 76.0 Å². The molecule has 1 amide bonds. The van der Waals surface area contributed by atoms with Crippen LogP contribution in [-0.4, -0.2) is 27.3 Å². The molecule has 0 spiro atoms. The molecular formula is C22H18Cl2FN3O4. The highest BCUT2D eigenvalue weighted by atomic mass is 35.5. The third-order valence-corrected chi connectivity index (χ3v) is 5.46. The van der Waals surface area contributed by atoms with Crippen LogP contribution in [0.5, 0.6) is 5.75 Å². The topological polar surface area (TPSA) is 97.5 Å². The van der Waals surface area contributed by atoms with Gasteiger partial charge in [0.15, 0.2) is 6.10 Å². The molecule has 1 aliphatic rings. The Balaban J connectivity index is 1.31. The smallest absolute Gasteiger partial charge is 0.265 e. The summed E-state index contributed by atoms with van der Waals surface area (Å²) in [6.45, 7) is 3.84. The van der Waals surface area contributed by atoms with E-state index in [2.05, 4.69) is 22.0 Å².